The van der Waals surface area contributed by atoms with Crippen LogP contribution in [0.15, 0.2) is 41.7 Å². The molecule has 2 heterocycles. The van der Waals surface area contributed by atoms with Gasteiger partial charge in [0.2, 0.25) is 15.0 Å². The third-order valence-electron chi connectivity index (χ3n) is 3.55. The van der Waals surface area contributed by atoms with Crippen LogP contribution < -0.4 is 9.47 Å². The fourth-order valence-electron chi connectivity index (χ4n) is 2.32. The first kappa shape index (κ1) is 18.2. The molecule has 0 bridgehead atoms. The molecule has 26 heavy (non-hydrogen) atoms. The number of sulfone groups is 1. The Labute approximate surface area is 155 Å². The second-order valence-corrected chi connectivity index (χ2v) is 7.56. The van der Waals surface area contributed by atoms with E-state index >= 15 is 0 Å². The first-order valence-corrected chi connectivity index (χ1v) is 9.44. The van der Waals surface area contributed by atoms with Crippen molar-refractivity contribution in [2.75, 3.05) is 14.2 Å². The molecule has 3 aromatic rings. The van der Waals surface area contributed by atoms with Crippen LogP contribution in [-0.4, -0.2) is 42.8 Å². The van der Waals surface area contributed by atoms with Crippen molar-refractivity contribution in [1.82, 2.24) is 20.2 Å². The highest BCUT2D eigenvalue weighted by Gasteiger charge is 2.24. The maximum Gasteiger partial charge on any atom is 0.243 e. The van der Waals surface area contributed by atoms with E-state index in [1.165, 1.54) is 20.4 Å². The molecule has 0 saturated carbocycles. The van der Waals surface area contributed by atoms with Gasteiger partial charge in [0.05, 0.1) is 14.2 Å². The van der Waals surface area contributed by atoms with Crippen molar-refractivity contribution in [3.8, 4) is 22.9 Å². The van der Waals surface area contributed by atoms with Crippen LogP contribution in [0.1, 0.15) is 5.69 Å². The second kappa shape index (κ2) is 7.30. The SMILES string of the molecule is COc1ccnc(CS(=O)(=O)c2nc(-c3ccc(Cl)cc3)n[nH]2)c1OC. The van der Waals surface area contributed by atoms with Crippen LogP contribution >= 0.6 is 11.6 Å². The van der Waals surface area contributed by atoms with Gasteiger partial charge >= 0.3 is 0 Å². The predicted octanol–water partition coefficient (Wildman–Crippen LogP) is 2.51. The Morgan fingerprint density at radius 3 is 2.50 bits per heavy atom. The van der Waals surface area contributed by atoms with E-state index in [0.717, 1.165) is 0 Å². The molecule has 0 unspecified atom stereocenters. The Kier molecular flexibility index (Phi) is 5.10. The Balaban J connectivity index is 1.91. The van der Waals surface area contributed by atoms with Gasteiger partial charge < -0.3 is 9.47 Å². The van der Waals surface area contributed by atoms with Crippen LogP contribution in [-0.2, 0) is 15.6 Å². The Morgan fingerprint density at radius 1 is 1.12 bits per heavy atom. The summed E-state index contributed by atoms with van der Waals surface area (Å²) in [6.07, 6.45) is 1.45. The zero-order valence-corrected chi connectivity index (χ0v) is 15.5. The Hall–Kier alpha value is -2.65. The lowest BCUT2D eigenvalue weighted by Gasteiger charge is -2.10. The van der Waals surface area contributed by atoms with Crippen LogP contribution in [0.2, 0.25) is 5.02 Å². The minimum Gasteiger partial charge on any atom is -0.493 e. The van der Waals surface area contributed by atoms with Gasteiger partial charge in [0.15, 0.2) is 17.3 Å². The number of rotatable bonds is 6. The van der Waals surface area contributed by atoms with Crippen molar-refractivity contribution in [3.63, 3.8) is 0 Å². The largest absolute Gasteiger partial charge is 0.493 e. The molecule has 1 aromatic carbocycles. The molecule has 0 amide bonds. The van der Waals surface area contributed by atoms with E-state index in [1.54, 1.807) is 30.3 Å². The molecule has 0 spiro atoms. The number of aromatic amines is 1. The number of aromatic nitrogens is 4. The number of ether oxygens (including phenoxy) is 2. The highest BCUT2D eigenvalue weighted by molar-refractivity contribution is 7.90. The highest BCUT2D eigenvalue weighted by Crippen LogP contribution is 2.31. The summed E-state index contributed by atoms with van der Waals surface area (Å²) in [4.78, 5) is 8.16. The standard InChI is InChI=1S/C16H15ClN4O4S/c1-24-13-7-8-18-12(14(13)25-2)9-26(22,23)16-19-15(20-21-16)10-3-5-11(17)6-4-10/h3-8H,9H2,1-2H3,(H,19,20,21). The third-order valence-corrected chi connectivity index (χ3v) is 5.23. The van der Waals surface area contributed by atoms with Crippen LogP contribution in [0.4, 0.5) is 0 Å². The van der Waals surface area contributed by atoms with Gasteiger partial charge in [0.1, 0.15) is 11.4 Å². The Morgan fingerprint density at radius 2 is 1.85 bits per heavy atom. The maximum absolute atomic E-state index is 12.7. The summed E-state index contributed by atoms with van der Waals surface area (Å²) in [6, 6.07) is 8.34. The average Bonchev–Trinajstić information content (AvgIpc) is 3.13. The zero-order valence-electron chi connectivity index (χ0n) is 13.9. The predicted molar refractivity (Wildman–Crippen MR) is 95.1 cm³/mol. The van der Waals surface area contributed by atoms with Crippen molar-refractivity contribution in [2.45, 2.75) is 10.9 Å². The van der Waals surface area contributed by atoms with Gasteiger partial charge in [-0.05, 0) is 24.3 Å². The zero-order chi connectivity index (χ0) is 18.7. The lowest BCUT2D eigenvalue weighted by molar-refractivity contribution is 0.350. The number of pyridine rings is 1. The normalized spacial score (nSPS) is 11.3. The molecule has 0 atom stereocenters. The first-order chi connectivity index (χ1) is 12.4. The van der Waals surface area contributed by atoms with Gasteiger partial charge in [0, 0.05) is 22.8 Å². The van der Waals surface area contributed by atoms with E-state index in [2.05, 4.69) is 20.2 Å². The smallest absolute Gasteiger partial charge is 0.243 e. The van der Waals surface area contributed by atoms with E-state index < -0.39 is 15.6 Å². The number of nitrogens with zero attached hydrogens (tertiary/aromatic N) is 3. The number of halogens is 1. The van der Waals surface area contributed by atoms with Crippen molar-refractivity contribution in [1.29, 1.82) is 0 Å². The molecule has 8 nitrogen and oxygen atoms in total. The summed E-state index contributed by atoms with van der Waals surface area (Å²) in [5.74, 6) is 0.497. The van der Waals surface area contributed by atoms with Crippen LogP contribution in [0.25, 0.3) is 11.4 Å². The number of benzene rings is 1. The topological polar surface area (TPSA) is 107 Å². The summed E-state index contributed by atoms with van der Waals surface area (Å²) in [5, 5.41) is 6.74. The van der Waals surface area contributed by atoms with Crippen LogP contribution in [0.3, 0.4) is 0 Å². The molecule has 0 aliphatic heterocycles. The molecule has 10 heteroatoms. The lowest BCUT2D eigenvalue weighted by Crippen LogP contribution is -2.10. The van der Waals surface area contributed by atoms with E-state index in [0.29, 0.717) is 16.3 Å². The summed E-state index contributed by atoms with van der Waals surface area (Å²) >= 11 is 5.85. The minimum absolute atomic E-state index is 0.219. The van der Waals surface area contributed by atoms with Gasteiger partial charge in [-0.15, -0.1) is 0 Å². The van der Waals surface area contributed by atoms with Crippen molar-refractivity contribution in [3.05, 3.63) is 47.2 Å². The van der Waals surface area contributed by atoms with Crippen molar-refractivity contribution in [2.24, 2.45) is 0 Å². The number of hydrogen-bond donors (Lipinski definition) is 1. The second-order valence-electron chi connectivity index (χ2n) is 5.22. The molecular formula is C16H15ClN4O4S. The molecular weight excluding hydrogens is 380 g/mol. The molecule has 0 saturated heterocycles. The van der Waals surface area contributed by atoms with Crippen molar-refractivity contribution >= 4 is 21.4 Å². The summed E-state index contributed by atoms with van der Waals surface area (Å²) in [6.45, 7) is 0. The van der Waals surface area contributed by atoms with Crippen LogP contribution in [0, 0.1) is 0 Å². The summed E-state index contributed by atoms with van der Waals surface area (Å²) in [7, 11) is -0.937. The van der Waals surface area contributed by atoms with Gasteiger partial charge in [-0.2, -0.15) is 10.1 Å². The molecule has 0 aliphatic carbocycles. The monoisotopic (exact) mass is 394 g/mol. The number of hydrogen-bond acceptors (Lipinski definition) is 7. The molecule has 3 rings (SSSR count). The number of H-pyrrole nitrogens is 1. The van der Waals surface area contributed by atoms with Gasteiger partial charge in [0.25, 0.3) is 0 Å². The van der Waals surface area contributed by atoms with Gasteiger partial charge in [-0.1, -0.05) is 11.6 Å². The molecule has 136 valence electrons. The van der Waals surface area contributed by atoms with Gasteiger partial charge in [-0.3, -0.25) is 4.98 Å². The Bertz CT molecular complexity index is 1020. The highest BCUT2D eigenvalue weighted by atomic mass is 35.5. The molecule has 0 fully saturated rings. The molecule has 2 aromatic heterocycles. The van der Waals surface area contributed by atoms with E-state index in [4.69, 9.17) is 21.1 Å². The molecule has 0 aliphatic rings. The number of nitrogens with one attached hydrogen (secondary N) is 1. The summed E-state index contributed by atoms with van der Waals surface area (Å²) < 4.78 is 35.7. The van der Waals surface area contributed by atoms with E-state index in [1.807, 2.05) is 0 Å². The minimum atomic E-state index is -3.82. The maximum atomic E-state index is 12.7. The van der Waals surface area contributed by atoms with Gasteiger partial charge in [-0.25, -0.2) is 13.5 Å². The fourth-order valence-corrected chi connectivity index (χ4v) is 3.55. The fraction of sp³-hybridized carbons (Fsp3) is 0.188. The van der Waals surface area contributed by atoms with Crippen LogP contribution in [0.5, 0.6) is 11.5 Å². The molecule has 1 N–H and O–H groups in total. The van der Waals surface area contributed by atoms with Crippen molar-refractivity contribution < 1.29 is 17.9 Å². The third kappa shape index (κ3) is 3.63. The van der Waals surface area contributed by atoms with E-state index in [9.17, 15) is 8.42 Å². The molecule has 0 radical (unpaired) electrons. The quantitative estimate of drug-likeness (QED) is 0.684. The summed E-state index contributed by atoms with van der Waals surface area (Å²) in [5.41, 5.74) is 0.862. The average molecular weight is 395 g/mol. The van der Waals surface area contributed by atoms with E-state index in [-0.39, 0.29) is 22.4 Å². The first-order valence-electron chi connectivity index (χ1n) is 7.41. The lowest BCUT2D eigenvalue weighted by atomic mass is 10.2. The number of methoxy groups -OCH3 is 2.